The number of aromatic amines is 1. The molecule has 2 heterocycles. The Kier molecular flexibility index (Phi) is 4.46. The summed E-state index contributed by atoms with van der Waals surface area (Å²) in [6.07, 6.45) is 5.39. The minimum Gasteiger partial charge on any atom is -0.392 e. The number of imidazole rings is 1. The molecular weight excluding hydrogens is 242 g/mol. The summed E-state index contributed by atoms with van der Waals surface area (Å²) in [5.41, 5.74) is 2.43. The average molecular weight is 261 g/mol. The van der Waals surface area contributed by atoms with Crippen LogP contribution < -0.4 is 5.32 Å². The van der Waals surface area contributed by atoms with E-state index in [1.165, 1.54) is 0 Å². The molecule has 0 bridgehead atoms. The zero-order valence-corrected chi connectivity index (χ0v) is 11.3. The quantitative estimate of drug-likeness (QED) is 0.688. The van der Waals surface area contributed by atoms with Gasteiger partial charge in [0, 0.05) is 13.0 Å². The van der Waals surface area contributed by atoms with Gasteiger partial charge in [-0.3, -0.25) is 0 Å². The van der Waals surface area contributed by atoms with Crippen LogP contribution in [0.4, 0.5) is 5.82 Å². The molecule has 19 heavy (non-hydrogen) atoms. The highest BCUT2D eigenvalue weighted by Crippen LogP contribution is 2.16. The number of aryl methyl sites for hydroxylation is 1. The van der Waals surface area contributed by atoms with Crippen LogP contribution in [0.2, 0.25) is 0 Å². The van der Waals surface area contributed by atoms with Crippen LogP contribution >= 0.6 is 0 Å². The molecule has 2 rings (SSSR count). The smallest absolute Gasteiger partial charge is 0.183 e. The van der Waals surface area contributed by atoms with Crippen molar-refractivity contribution in [2.24, 2.45) is 0 Å². The van der Waals surface area contributed by atoms with E-state index in [2.05, 4.69) is 32.2 Å². The minimum atomic E-state index is 0.0754. The van der Waals surface area contributed by atoms with E-state index in [1.807, 2.05) is 13.0 Å². The molecule has 2 aromatic rings. The second kappa shape index (κ2) is 6.29. The van der Waals surface area contributed by atoms with Crippen molar-refractivity contribution in [3.8, 4) is 0 Å². The van der Waals surface area contributed by atoms with Crippen molar-refractivity contribution in [3.05, 3.63) is 23.8 Å². The molecule has 0 amide bonds. The molecule has 0 saturated carbocycles. The third-order valence-electron chi connectivity index (χ3n) is 2.77. The van der Waals surface area contributed by atoms with Gasteiger partial charge >= 0.3 is 0 Å². The number of aromatic nitrogens is 4. The Bertz CT molecular complexity index is 575. The van der Waals surface area contributed by atoms with Crippen LogP contribution in [-0.4, -0.2) is 38.2 Å². The number of nitrogens with zero attached hydrogens (tertiary/aromatic N) is 3. The molecule has 0 aromatic carbocycles. The maximum Gasteiger partial charge on any atom is 0.183 e. The van der Waals surface area contributed by atoms with Crippen LogP contribution in [0.15, 0.2) is 18.0 Å². The third-order valence-corrected chi connectivity index (χ3v) is 2.77. The lowest BCUT2D eigenvalue weighted by atomic mass is 10.3. The van der Waals surface area contributed by atoms with E-state index < -0.39 is 0 Å². The van der Waals surface area contributed by atoms with Crippen LogP contribution in [0, 0.1) is 0 Å². The summed E-state index contributed by atoms with van der Waals surface area (Å²) >= 11 is 0. The maximum absolute atomic E-state index is 8.95. The molecule has 0 spiro atoms. The van der Waals surface area contributed by atoms with Gasteiger partial charge in [-0.2, -0.15) is 0 Å². The van der Waals surface area contributed by atoms with E-state index in [0.29, 0.717) is 12.2 Å². The summed E-state index contributed by atoms with van der Waals surface area (Å²) in [5, 5.41) is 12.2. The van der Waals surface area contributed by atoms with Crippen molar-refractivity contribution in [1.82, 2.24) is 19.9 Å². The molecule has 6 nitrogen and oxygen atoms in total. The number of H-pyrrole nitrogens is 1. The molecule has 0 saturated heterocycles. The molecule has 0 aliphatic carbocycles. The Morgan fingerprint density at radius 2 is 2.32 bits per heavy atom. The molecule has 3 N–H and O–H groups in total. The summed E-state index contributed by atoms with van der Waals surface area (Å²) in [5.74, 6) is 1.56. The van der Waals surface area contributed by atoms with Gasteiger partial charge in [-0.1, -0.05) is 18.6 Å². The van der Waals surface area contributed by atoms with E-state index in [-0.39, 0.29) is 6.61 Å². The maximum atomic E-state index is 8.95. The fourth-order valence-corrected chi connectivity index (χ4v) is 1.73. The Hall–Kier alpha value is -1.95. The molecule has 0 atom stereocenters. The lowest BCUT2D eigenvalue weighted by Gasteiger charge is -2.06. The number of aliphatic hydroxyl groups is 1. The summed E-state index contributed by atoms with van der Waals surface area (Å²) in [6, 6.07) is 0. The normalized spacial score (nSPS) is 12.1. The van der Waals surface area contributed by atoms with E-state index in [4.69, 9.17) is 5.11 Å². The van der Waals surface area contributed by atoms with Crippen molar-refractivity contribution in [1.29, 1.82) is 0 Å². The first kappa shape index (κ1) is 13.5. The van der Waals surface area contributed by atoms with Gasteiger partial charge in [-0.05, 0) is 13.3 Å². The second-order valence-corrected chi connectivity index (χ2v) is 4.43. The fraction of sp³-hybridized carbons (Fsp3) is 0.462. The molecule has 0 fully saturated rings. The van der Waals surface area contributed by atoms with Crippen molar-refractivity contribution in [2.75, 3.05) is 18.5 Å². The summed E-state index contributed by atoms with van der Waals surface area (Å²) in [6.45, 7) is 4.67. The van der Waals surface area contributed by atoms with E-state index in [9.17, 15) is 0 Å². The number of fused-ring (bicyclic) bond motifs is 1. The molecule has 6 heteroatoms. The Morgan fingerprint density at radius 3 is 3.05 bits per heavy atom. The van der Waals surface area contributed by atoms with Gasteiger partial charge in [-0.15, -0.1) is 0 Å². The highest BCUT2D eigenvalue weighted by atomic mass is 16.3. The summed E-state index contributed by atoms with van der Waals surface area (Å²) in [7, 11) is 0. The largest absolute Gasteiger partial charge is 0.392 e. The third kappa shape index (κ3) is 3.29. The van der Waals surface area contributed by atoms with Crippen molar-refractivity contribution in [3.63, 3.8) is 0 Å². The molecule has 0 aliphatic rings. The first-order valence-corrected chi connectivity index (χ1v) is 6.45. The molecular formula is C13H19N5O. The second-order valence-electron chi connectivity index (χ2n) is 4.43. The monoisotopic (exact) mass is 261 g/mol. The lowest BCUT2D eigenvalue weighted by molar-refractivity contribution is 0.331. The zero-order chi connectivity index (χ0) is 13.7. The molecule has 2 aromatic heterocycles. The van der Waals surface area contributed by atoms with Gasteiger partial charge in [0.1, 0.15) is 11.3 Å². The van der Waals surface area contributed by atoms with E-state index in [1.54, 1.807) is 6.33 Å². The van der Waals surface area contributed by atoms with Crippen LogP contribution in [0.25, 0.3) is 11.2 Å². The highest BCUT2D eigenvalue weighted by molar-refractivity contribution is 5.82. The van der Waals surface area contributed by atoms with E-state index in [0.717, 1.165) is 35.6 Å². The predicted molar refractivity (Wildman–Crippen MR) is 75.0 cm³/mol. The Morgan fingerprint density at radius 1 is 1.47 bits per heavy atom. The minimum absolute atomic E-state index is 0.0754. The number of hydrogen-bond acceptors (Lipinski definition) is 5. The van der Waals surface area contributed by atoms with Gasteiger partial charge in [0.15, 0.2) is 11.5 Å². The first-order valence-electron chi connectivity index (χ1n) is 6.45. The van der Waals surface area contributed by atoms with Crippen LogP contribution in [-0.2, 0) is 6.42 Å². The van der Waals surface area contributed by atoms with Gasteiger partial charge in [0.2, 0.25) is 0 Å². The van der Waals surface area contributed by atoms with Crippen LogP contribution in [0.5, 0.6) is 0 Å². The topological polar surface area (TPSA) is 86.7 Å². The van der Waals surface area contributed by atoms with Crippen LogP contribution in [0.1, 0.15) is 26.1 Å². The first-order chi connectivity index (χ1) is 9.24. The highest BCUT2D eigenvalue weighted by Gasteiger charge is 2.08. The van der Waals surface area contributed by atoms with Crippen LogP contribution in [0.3, 0.4) is 0 Å². The Balaban J connectivity index is 2.22. The van der Waals surface area contributed by atoms with E-state index >= 15 is 0 Å². The zero-order valence-electron chi connectivity index (χ0n) is 11.3. The lowest BCUT2D eigenvalue weighted by Crippen LogP contribution is -2.06. The van der Waals surface area contributed by atoms with Gasteiger partial charge in [-0.25, -0.2) is 15.0 Å². The number of hydrogen-bond donors (Lipinski definition) is 3. The van der Waals surface area contributed by atoms with Crippen molar-refractivity contribution < 1.29 is 5.11 Å². The average Bonchev–Trinajstić information content (AvgIpc) is 2.87. The summed E-state index contributed by atoms with van der Waals surface area (Å²) < 4.78 is 0. The standard InChI is InChI=1S/C13H19N5O/c1-3-4-10-17-12(14-6-5-9(2)7-19)11-13(18-10)16-8-15-11/h5,8,19H,3-4,6-7H2,1-2H3,(H2,14,15,16,17,18)/b9-5+. The van der Waals surface area contributed by atoms with Gasteiger partial charge < -0.3 is 15.4 Å². The Labute approximate surface area is 112 Å². The van der Waals surface area contributed by atoms with Crippen molar-refractivity contribution in [2.45, 2.75) is 26.7 Å². The fourth-order valence-electron chi connectivity index (χ4n) is 1.73. The SMILES string of the molecule is CCCc1nc(NC/C=C(\C)CO)c2[nH]cnc2n1. The molecule has 0 unspecified atom stereocenters. The van der Waals surface area contributed by atoms with Gasteiger partial charge in [0.25, 0.3) is 0 Å². The molecule has 0 radical (unpaired) electrons. The predicted octanol–water partition coefficient (Wildman–Crippen LogP) is 1.66. The van der Waals surface area contributed by atoms with Gasteiger partial charge in [0.05, 0.1) is 12.9 Å². The van der Waals surface area contributed by atoms with Crippen molar-refractivity contribution >= 4 is 17.0 Å². The number of aliphatic hydroxyl groups excluding tert-OH is 1. The molecule has 102 valence electrons. The number of rotatable bonds is 6. The number of nitrogens with one attached hydrogen (secondary N) is 2. The molecule has 0 aliphatic heterocycles. The summed E-state index contributed by atoms with van der Waals surface area (Å²) in [4.78, 5) is 16.1. The number of anilines is 1.